The number of ether oxygens (including phenoxy) is 4. The van der Waals surface area contributed by atoms with Crippen molar-refractivity contribution < 1.29 is 107 Å². The largest absolute Gasteiger partial charge is 0.481 e. The van der Waals surface area contributed by atoms with E-state index in [0.717, 1.165) is 70.6 Å². The molecule has 0 rings (SSSR count). The number of amides is 6. The van der Waals surface area contributed by atoms with Crippen molar-refractivity contribution in [1.29, 1.82) is 0 Å². The Labute approximate surface area is 498 Å². The summed E-state index contributed by atoms with van der Waals surface area (Å²) in [6, 6.07) is -5.81. The summed E-state index contributed by atoms with van der Waals surface area (Å²) in [4.78, 5) is 144. The summed E-state index contributed by atoms with van der Waals surface area (Å²) < 4.78 is 21.3. The quantitative estimate of drug-likeness (QED) is 0.0390. The van der Waals surface area contributed by atoms with Crippen LogP contribution in [0.2, 0.25) is 0 Å². The molecule has 0 saturated heterocycles. The molecule has 0 fully saturated rings. The molecule has 6 amide bonds. The maximum atomic E-state index is 12.6. The highest BCUT2D eigenvalue weighted by Gasteiger charge is 2.28. The van der Waals surface area contributed by atoms with Crippen molar-refractivity contribution in [3.63, 3.8) is 0 Å². The first kappa shape index (κ1) is 78.6. The average molecular weight is 1220 g/mol. The molecular weight excluding hydrogens is 1120 g/mol. The topological polar surface area (TPSA) is 435 Å². The standard InChI is InChI=1S/C57H98N6O22/c1-40(53(73)63-52(41(2)64)57(80)81)20-17-18-30-58-49(69)38-85-37-35-83-33-31-59-50(70)39-84-36-34-82-32-19-21-42(65)24-25-43(54(74)75)61-47(67)29-27-45(56(78)79)62-48(68)28-26-44(55(76)77)60-46(66)22-15-13-11-9-7-5-3-4-6-8-10-12-14-16-23-51(71)72/h40-41,43-45,52,64H,3-39H2,1-2H3,(H,58,69)(H,59,70)(H,60,66)(H,61,67)(H,62,68)(H,63,73)(H,71,72)(H,74,75)(H,76,77)(H,78,79)(H,80,81)/t40-,41+,43-,44-,45-,52-/m0/s1. The fourth-order valence-electron chi connectivity index (χ4n) is 8.36. The van der Waals surface area contributed by atoms with Gasteiger partial charge >= 0.3 is 29.8 Å². The number of hydrogen-bond donors (Lipinski definition) is 12. The van der Waals surface area contributed by atoms with E-state index in [9.17, 15) is 78.0 Å². The van der Waals surface area contributed by atoms with Crippen LogP contribution in [0.4, 0.5) is 0 Å². The van der Waals surface area contributed by atoms with Crippen molar-refractivity contribution in [1.82, 2.24) is 31.9 Å². The van der Waals surface area contributed by atoms with Crippen LogP contribution >= 0.6 is 0 Å². The Morgan fingerprint density at radius 1 is 0.353 bits per heavy atom. The Bertz CT molecular complexity index is 1990. The van der Waals surface area contributed by atoms with Crippen LogP contribution < -0.4 is 31.9 Å². The van der Waals surface area contributed by atoms with Crippen molar-refractivity contribution in [2.45, 2.75) is 217 Å². The molecule has 0 radical (unpaired) electrons. The molecule has 6 atom stereocenters. The molecule has 0 bridgehead atoms. The van der Waals surface area contributed by atoms with Gasteiger partial charge in [-0.15, -0.1) is 0 Å². The Morgan fingerprint density at radius 3 is 1.19 bits per heavy atom. The number of ketones is 1. The highest BCUT2D eigenvalue weighted by atomic mass is 16.5. The molecule has 0 aromatic rings. The summed E-state index contributed by atoms with van der Waals surface area (Å²) in [5.74, 6) is -10.5. The Kier molecular flexibility index (Phi) is 47.1. The molecule has 0 aliphatic carbocycles. The highest BCUT2D eigenvalue weighted by Crippen LogP contribution is 2.15. The van der Waals surface area contributed by atoms with Gasteiger partial charge in [-0.2, -0.15) is 0 Å². The van der Waals surface area contributed by atoms with Crippen molar-refractivity contribution >= 4 is 71.1 Å². The number of aliphatic carboxylic acids is 5. The smallest absolute Gasteiger partial charge is 0.328 e. The van der Waals surface area contributed by atoms with Gasteiger partial charge < -0.3 is 81.5 Å². The maximum Gasteiger partial charge on any atom is 0.328 e. The first-order valence-corrected chi connectivity index (χ1v) is 29.9. The van der Waals surface area contributed by atoms with Crippen LogP contribution in [0.5, 0.6) is 0 Å². The molecule has 488 valence electrons. The number of unbranched alkanes of at least 4 members (excludes halogenated alkanes) is 14. The Hall–Kier alpha value is -6.36. The second-order valence-corrected chi connectivity index (χ2v) is 21.0. The normalized spacial score (nSPS) is 13.2. The van der Waals surface area contributed by atoms with E-state index < -0.39 is 115 Å². The molecule has 0 spiro atoms. The van der Waals surface area contributed by atoms with Gasteiger partial charge in [0.15, 0.2) is 6.04 Å². The van der Waals surface area contributed by atoms with Gasteiger partial charge in [0.05, 0.1) is 39.1 Å². The van der Waals surface area contributed by atoms with E-state index in [1.54, 1.807) is 6.92 Å². The SMILES string of the molecule is C[C@@H](CCCCNC(=O)COCCOCCNC(=O)COCCOCCCC(=O)CC[C@H](NC(=O)CC[C@H](NC(=O)CC[C@H](NC(=O)CCCCCCCCCCCCCCCCC(=O)O)C(=O)O)C(=O)O)C(=O)O)C(=O)N[C@H](C(=O)O)[C@@H](C)O. The molecule has 0 unspecified atom stereocenters. The minimum Gasteiger partial charge on any atom is -0.481 e. The number of aliphatic hydroxyl groups is 1. The van der Waals surface area contributed by atoms with Crippen LogP contribution in [0.15, 0.2) is 0 Å². The van der Waals surface area contributed by atoms with Crippen LogP contribution in [-0.2, 0) is 76.5 Å². The van der Waals surface area contributed by atoms with Gasteiger partial charge in [-0.1, -0.05) is 90.4 Å². The van der Waals surface area contributed by atoms with Gasteiger partial charge in [0.1, 0.15) is 37.1 Å². The van der Waals surface area contributed by atoms with Gasteiger partial charge in [0.2, 0.25) is 35.4 Å². The molecule has 28 heteroatoms. The number of hydrogen-bond acceptors (Lipinski definition) is 17. The van der Waals surface area contributed by atoms with E-state index in [-0.39, 0.29) is 110 Å². The van der Waals surface area contributed by atoms with Gasteiger partial charge in [-0.05, 0) is 58.3 Å². The fraction of sp³-hybridized carbons (Fsp3) is 0.789. The lowest BCUT2D eigenvalue weighted by Gasteiger charge is -2.19. The van der Waals surface area contributed by atoms with Gasteiger partial charge in [0, 0.05) is 64.1 Å². The van der Waals surface area contributed by atoms with Gasteiger partial charge in [-0.3, -0.25) is 38.4 Å². The predicted octanol–water partition coefficient (Wildman–Crippen LogP) is 2.77. The summed E-state index contributed by atoms with van der Waals surface area (Å²) in [5, 5.41) is 70.7. The number of carbonyl (C=O) groups is 12. The zero-order valence-electron chi connectivity index (χ0n) is 49.8. The first-order chi connectivity index (χ1) is 40.5. The van der Waals surface area contributed by atoms with E-state index in [2.05, 4.69) is 31.9 Å². The van der Waals surface area contributed by atoms with E-state index in [1.165, 1.54) is 19.8 Å². The molecule has 85 heavy (non-hydrogen) atoms. The summed E-state index contributed by atoms with van der Waals surface area (Å²) in [7, 11) is 0. The number of nitrogens with one attached hydrogen (secondary N) is 6. The second-order valence-electron chi connectivity index (χ2n) is 21.0. The van der Waals surface area contributed by atoms with Crippen molar-refractivity contribution in [2.24, 2.45) is 5.92 Å². The minimum absolute atomic E-state index is 0.0536. The molecule has 0 aromatic heterocycles. The zero-order valence-corrected chi connectivity index (χ0v) is 49.8. The van der Waals surface area contributed by atoms with E-state index in [0.29, 0.717) is 38.6 Å². The third-order valence-corrected chi connectivity index (χ3v) is 13.4. The first-order valence-electron chi connectivity index (χ1n) is 29.9. The summed E-state index contributed by atoms with van der Waals surface area (Å²) in [5.41, 5.74) is 0. The maximum absolute atomic E-state index is 12.6. The molecular formula is C57H98N6O22. The molecule has 0 aromatic carbocycles. The zero-order chi connectivity index (χ0) is 63.6. The molecule has 0 saturated carbocycles. The van der Waals surface area contributed by atoms with Gasteiger partial charge in [-0.25, -0.2) is 19.2 Å². The lowest BCUT2D eigenvalue weighted by Crippen LogP contribution is -2.49. The van der Waals surface area contributed by atoms with Crippen LogP contribution in [-0.4, -0.2) is 198 Å². The predicted molar refractivity (Wildman–Crippen MR) is 306 cm³/mol. The van der Waals surface area contributed by atoms with Crippen LogP contribution in [0, 0.1) is 5.92 Å². The number of carboxylic acid groups (broad SMARTS) is 5. The second kappa shape index (κ2) is 50.9. The number of carboxylic acids is 5. The van der Waals surface area contributed by atoms with Gasteiger partial charge in [0.25, 0.3) is 0 Å². The van der Waals surface area contributed by atoms with E-state index in [1.807, 2.05) is 0 Å². The third-order valence-electron chi connectivity index (χ3n) is 13.4. The number of aliphatic hydroxyl groups excluding tert-OH is 1. The summed E-state index contributed by atoms with van der Waals surface area (Å²) in [6.07, 6.45) is 13.1. The van der Waals surface area contributed by atoms with Crippen molar-refractivity contribution in [3.8, 4) is 0 Å². The Morgan fingerprint density at radius 2 is 0.753 bits per heavy atom. The molecule has 12 N–H and O–H groups in total. The number of carbonyl (C=O) groups excluding carboxylic acids is 7. The van der Waals surface area contributed by atoms with E-state index in [4.69, 9.17) is 29.2 Å². The minimum atomic E-state index is -1.57. The lowest BCUT2D eigenvalue weighted by molar-refractivity contribution is -0.145. The summed E-state index contributed by atoms with van der Waals surface area (Å²) in [6.45, 7) is 3.93. The van der Waals surface area contributed by atoms with Crippen molar-refractivity contribution in [3.05, 3.63) is 0 Å². The Balaban J connectivity index is 4.13. The summed E-state index contributed by atoms with van der Waals surface area (Å²) >= 11 is 0. The number of Topliss-reactive ketones (excluding diaryl/α,β-unsaturated/α-hetero) is 1. The lowest BCUT2D eigenvalue weighted by atomic mass is 10.0. The molecule has 28 nitrogen and oxygen atoms in total. The third kappa shape index (κ3) is 46.6. The van der Waals surface area contributed by atoms with Crippen LogP contribution in [0.25, 0.3) is 0 Å². The van der Waals surface area contributed by atoms with E-state index >= 15 is 0 Å². The molecule has 0 aliphatic rings. The number of rotatable bonds is 58. The van der Waals surface area contributed by atoms with Crippen molar-refractivity contribution in [2.75, 3.05) is 65.9 Å². The molecule has 0 aliphatic heterocycles. The average Bonchev–Trinajstić information content (AvgIpc) is 3.53. The fourth-order valence-corrected chi connectivity index (χ4v) is 8.36. The van der Waals surface area contributed by atoms with Crippen LogP contribution in [0.3, 0.4) is 0 Å². The molecule has 0 heterocycles. The monoisotopic (exact) mass is 1220 g/mol. The van der Waals surface area contributed by atoms with Crippen LogP contribution in [0.1, 0.15) is 187 Å². The highest BCUT2D eigenvalue weighted by molar-refractivity contribution is 5.88.